The molecule has 1 amide bonds. The fourth-order valence-electron chi connectivity index (χ4n) is 3.89. The molecule has 1 N–H and O–H groups in total. The molecule has 2 unspecified atom stereocenters. The summed E-state index contributed by atoms with van der Waals surface area (Å²) < 4.78 is 5.79. The minimum atomic E-state index is -0.282. The van der Waals surface area contributed by atoms with Gasteiger partial charge in [-0.3, -0.25) is 4.79 Å². The Morgan fingerprint density at radius 3 is 2.58 bits per heavy atom. The molecule has 0 radical (unpaired) electrons. The standard InChI is InChI=1S/C19H28N2O3/c1-19(2,3)24-17-6-4-5-13(20-17)7-10-18(23)21-14-8-9-15(21)12-16(22)11-14/h4-6,14-16,22H,7-12H2,1-3H3. The lowest BCUT2D eigenvalue weighted by atomic mass is 9.99. The van der Waals surface area contributed by atoms with Crippen LogP contribution < -0.4 is 4.74 Å². The molecular weight excluding hydrogens is 304 g/mol. The van der Waals surface area contributed by atoms with Gasteiger partial charge in [-0.1, -0.05) is 6.07 Å². The van der Waals surface area contributed by atoms with Crippen molar-refractivity contribution in [2.75, 3.05) is 0 Å². The summed E-state index contributed by atoms with van der Waals surface area (Å²) in [4.78, 5) is 19.2. The number of aliphatic hydroxyl groups excluding tert-OH is 1. The number of carbonyl (C=O) groups is 1. The number of hydrogen-bond donors (Lipinski definition) is 1. The van der Waals surface area contributed by atoms with Crippen molar-refractivity contribution in [2.45, 2.75) is 83.1 Å². The Balaban J connectivity index is 1.58. The number of amides is 1. The number of piperidine rings is 1. The number of nitrogens with zero attached hydrogens (tertiary/aromatic N) is 2. The Morgan fingerprint density at radius 2 is 1.96 bits per heavy atom. The van der Waals surface area contributed by atoms with Crippen LogP contribution in [0.15, 0.2) is 18.2 Å². The van der Waals surface area contributed by atoms with Gasteiger partial charge in [0.05, 0.1) is 6.10 Å². The van der Waals surface area contributed by atoms with Crippen molar-refractivity contribution in [1.82, 2.24) is 9.88 Å². The van der Waals surface area contributed by atoms with Gasteiger partial charge in [-0.05, 0) is 58.9 Å². The molecule has 1 aromatic heterocycles. The van der Waals surface area contributed by atoms with Crippen LogP contribution in [0.1, 0.15) is 58.6 Å². The number of ether oxygens (including phenoxy) is 1. The van der Waals surface area contributed by atoms with E-state index in [1.807, 2.05) is 43.9 Å². The van der Waals surface area contributed by atoms with Gasteiger partial charge in [-0.25, -0.2) is 4.98 Å². The van der Waals surface area contributed by atoms with Crippen LogP contribution in [0.3, 0.4) is 0 Å². The second kappa shape index (κ2) is 6.71. The molecule has 1 aromatic rings. The first kappa shape index (κ1) is 17.2. The number of aryl methyl sites for hydroxylation is 1. The van der Waals surface area contributed by atoms with Crippen LogP contribution in [0, 0.1) is 0 Å². The Morgan fingerprint density at radius 1 is 1.29 bits per heavy atom. The maximum atomic E-state index is 12.6. The second-order valence-electron chi connectivity index (χ2n) is 7.99. The van der Waals surface area contributed by atoms with Gasteiger partial charge in [-0.2, -0.15) is 0 Å². The van der Waals surface area contributed by atoms with E-state index in [0.29, 0.717) is 18.7 Å². The maximum Gasteiger partial charge on any atom is 0.223 e. The van der Waals surface area contributed by atoms with Crippen LogP contribution in [-0.2, 0) is 11.2 Å². The van der Waals surface area contributed by atoms with Gasteiger partial charge in [0.1, 0.15) is 5.60 Å². The number of fused-ring (bicyclic) bond motifs is 2. The van der Waals surface area contributed by atoms with Crippen molar-refractivity contribution in [3.8, 4) is 5.88 Å². The van der Waals surface area contributed by atoms with Gasteiger partial charge in [0.2, 0.25) is 11.8 Å². The Hall–Kier alpha value is -1.62. The zero-order valence-corrected chi connectivity index (χ0v) is 14.9. The summed E-state index contributed by atoms with van der Waals surface area (Å²) in [6.07, 6.45) is 4.37. The van der Waals surface area contributed by atoms with Gasteiger partial charge < -0.3 is 14.7 Å². The SMILES string of the molecule is CC(C)(C)Oc1cccc(CCC(=O)N2C3CCC2CC(O)C3)n1. The van der Waals surface area contributed by atoms with Gasteiger partial charge >= 0.3 is 0 Å². The van der Waals surface area contributed by atoms with Gasteiger partial charge in [0.15, 0.2) is 0 Å². The van der Waals surface area contributed by atoms with Crippen molar-refractivity contribution < 1.29 is 14.6 Å². The molecular formula is C19H28N2O3. The van der Waals surface area contributed by atoms with Crippen LogP contribution in [-0.4, -0.2) is 44.7 Å². The minimum Gasteiger partial charge on any atom is -0.472 e. The highest BCUT2D eigenvalue weighted by molar-refractivity contribution is 5.77. The molecule has 2 atom stereocenters. The third-order valence-electron chi connectivity index (χ3n) is 4.78. The molecule has 2 aliphatic heterocycles. The van der Waals surface area contributed by atoms with Crippen molar-refractivity contribution >= 4 is 5.91 Å². The van der Waals surface area contributed by atoms with E-state index in [2.05, 4.69) is 4.98 Å². The van der Waals surface area contributed by atoms with E-state index >= 15 is 0 Å². The summed E-state index contributed by atoms with van der Waals surface area (Å²) in [6, 6.07) is 6.18. The number of aliphatic hydroxyl groups is 1. The lowest BCUT2D eigenvalue weighted by molar-refractivity contribution is -0.137. The molecule has 3 rings (SSSR count). The topological polar surface area (TPSA) is 62.7 Å². The molecule has 3 heterocycles. The fraction of sp³-hybridized carbons (Fsp3) is 0.684. The lowest BCUT2D eigenvalue weighted by Gasteiger charge is -2.37. The number of pyridine rings is 1. The number of aromatic nitrogens is 1. The number of rotatable bonds is 4. The normalized spacial score (nSPS) is 26.5. The Bertz CT molecular complexity index is 583. The van der Waals surface area contributed by atoms with Crippen molar-refractivity contribution in [3.63, 3.8) is 0 Å². The van der Waals surface area contributed by atoms with Crippen LogP contribution >= 0.6 is 0 Å². The summed E-state index contributed by atoms with van der Waals surface area (Å²) in [7, 11) is 0. The van der Waals surface area contributed by atoms with E-state index in [9.17, 15) is 9.90 Å². The molecule has 2 aliphatic rings. The molecule has 5 heteroatoms. The Kier molecular flexibility index (Phi) is 4.81. The summed E-state index contributed by atoms with van der Waals surface area (Å²) in [6.45, 7) is 5.97. The van der Waals surface area contributed by atoms with Gasteiger partial charge in [-0.15, -0.1) is 0 Å². The summed E-state index contributed by atoms with van der Waals surface area (Å²) in [5.41, 5.74) is 0.601. The first-order valence-corrected chi connectivity index (χ1v) is 8.96. The minimum absolute atomic E-state index is 0.193. The van der Waals surface area contributed by atoms with Gasteiger partial charge in [0, 0.05) is 30.3 Å². The first-order valence-electron chi connectivity index (χ1n) is 8.96. The van der Waals surface area contributed by atoms with E-state index in [1.54, 1.807) is 0 Å². The van der Waals surface area contributed by atoms with Crippen LogP contribution in [0.25, 0.3) is 0 Å². The van der Waals surface area contributed by atoms with E-state index in [0.717, 1.165) is 31.4 Å². The molecule has 132 valence electrons. The van der Waals surface area contributed by atoms with E-state index in [4.69, 9.17) is 4.74 Å². The molecule has 0 saturated carbocycles. The highest BCUT2D eigenvalue weighted by atomic mass is 16.5. The molecule has 2 fully saturated rings. The highest BCUT2D eigenvalue weighted by Gasteiger charge is 2.42. The van der Waals surface area contributed by atoms with Crippen LogP contribution in [0.2, 0.25) is 0 Å². The molecule has 2 saturated heterocycles. The third-order valence-corrected chi connectivity index (χ3v) is 4.78. The van der Waals surface area contributed by atoms with E-state index in [1.165, 1.54) is 0 Å². The van der Waals surface area contributed by atoms with Crippen molar-refractivity contribution in [1.29, 1.82) is 0 Å². The fourth-order valence-corrected chi connectivity index (χ4v) is 3.89. The molecule has 2 bridgehead atoms. The predicted octanol–water partition coefficient (Wildman–Crippen LogP) is 2.71. The zero-order valence-electron chi connectivity index (χ0n) is 14.9. The summed E-state index contributed by atoms with van der Waals surface area (Å²) in [5, 5.41) is 9.86. The maximum absolute atomic E-state index is 12.6. The first-order chi connectivity index (χ1) is 11.3. The monoisotopic (exact) mass is 332 g/mol. The third kappa shape index (κ3) is 4.07. The van der Waals surface area contributed by atoms with Crippen LogP contribution in [0.4, 0.5) is 0 Å². The zero-order chi connectivity index (χ0) is 17.3. The molecule has 5 nitrogen and oxygen atoms in total. The number of carbonyl (C=O) groups excluding carboxylic acids is 1. The lowest BCUT2D eigenvalue weighted by Crippen LogP contribution is -2.48. The van der Waals surface area contributed by atoms with Crippen molar-refractivity contribution in [3.05, 3.63) is 23.9 Å². The van der Waals surface area contributed by atoms with Crippen LogP contribution in [0.5, 0.6) is 5.88 Å². The molecule has 0 spiro atoms. The number of hydrogen-bond acceptors (Lipinski definition) is 4. The Labute approximate surface area is 144 Å². The highest BCUT2D eigenvalue weighted by Crippen LogP contribution is 2.36. The smallest absolute Gasteiger partial charge is 0.223 e. The molecule has 24 heavy (non-hydrogen) atoms. The quantitative estimate of drug-likeness (QED) is 0.921. The van der Waals surface area contributed by atoms with Crippen molar-refractivity contribution in [2.24, 2.45) is 0 Å². The average molecular weight is 332 g/mol. The average Bonchev–Trinajstić information content (AvgIpc) is 2.75. The largest absolute Gasteiger partial charge is 0.472 e. The van der Waals surface area contributed by atoms with E-state index in [-0.39, 0.29) is 29.7 Å². The van der Waals surface area contributed by atoms with Gasteiger partial charge in [0.25, 0.3) is 0 Å². The van der Waals surface area contributed by atoms with E-state index < -0.39 is 0 Å². The molecule has 0 aromatic carbocycles. The summed E-state index contributed by atoms with van der Waals surface area (Å²) in [5.74, 6) is 0.798. The predicted molar refractivity (Wildman–Crippen MR) is 91.8 cm³/mol. The second-order valence-corrected chi connectivity index (χ2v) is 7.99. The summed E-state index contributed by atoms with van der Waals surface area (Å²) >= 11 is 0. The molecule has 0 aliphatic carbocycles.